The van der Waals surface area contributed by atoms with Gasteiger partial charge in [-0.25, -0.2) is 0 Å². The molecule has 0 unspecified atom stereocenters. The van der Waals surface area contributed by atoms with Crippen LogP contribution in [0.1, 0.15) is 38.2 Å². The zero-order valence-corrected chi connectivity index (χ0v) is 15.3. The Morgan fingerprint density at radius 3 is 2.48 bits per heavy atom. The van der Waals surface area contributed by atoms with Gasteiger partial charge in [-0.1, -0.05) is 19.8 Å². The van der Waals surface area contributed by atoms with E-state index in [1.165, 1.54) is 5.69 Å². The average Bonchev–Trinajstić information content (AvgIpc) is 3.14. The molecule has 0 bridgehead atoms. The van der Waals surface area contributed by atoms with Gasteiger partial charge in [0.25, 0.3) is 0 Å². The summed E-state index contributed by atoms with van der Waals surface area (Å²) in [5.41, 5.74) is 2.25. The molecular formula is C20H28N4O. The number of likely N-dealkylation sites (N-methyl/N-ethyl adjacent to an activating group) is 1. The van der Waals surface area contributed by atoms with Gasteiger partial charge in [-0.3, -0.25) is 4.79 Å². The molecule has 1 aliphatic heterocycles. The van der Waals surface area contributed by atoms with Crippen LogP contribution in [0.25, 0.3) is 0 Å². The van der Waals surface area contributed by atoms with Crippen molar-refractivity contribution in [2.75, 3.05) is 42.9 Å². The van der Waals surface area contributed by atoms with Crippen molar-refractivity contribution in [1.29, 1.82) is 5.26 Å². The number of hydrogen-bond acceptors (Lipinski definition) is 4. The molecule has 1 saturated heterocycles. The monoisotopic (exact) mass is 340 g/mol. The highest BCUT2D eigenvalue weighted by molar-refractivity contribution is 5.98. The summed E-state index contributed by atoms with van der Waals surface area (Å²) in [4.78, 5) is 17.5. The van der Waals surface area contributed by atoms with Gasteiger partial charge in [0.15, 0.2) is 0 Å². The van der Waals surface area contributed by atoms with Crippen LogP contribution in [-0.2, 0) is 4.79 Å². The number of carbonyl (C=O) groups is 1. The molecule has 0 aromatic heterocycles. The summed E-state index contributed by atoms with van der Waals surface area (Å²) >= 11 is 0. The summed E-state index contributed by atoms with van der Waals surface area (Å²) in [7, 11) is 0. The Kier molecular flexibility index (Phi) is 5.29. The highest BCUT2D eigenvalue weighted by Crippen LogP contribution is 2.38. The highest BCUT2D eigenvalue weighted by Gasteiger charge is 2.41. The number of carbonyl (C=O) groups excluding carboxylic acids is 1. The number of rotatable bonds is 4. The zero-order chi connectivity index (χ0) is 17.9. The first-order valence-electron chi connectivity index (χ1n) is 9.38. The summed E-state index contributed by atoms with van der Waals surface area (Å²) in [5.74, 6) is -0.139. The minimum Gasteiger partial charge on any atom is -0.369 e. The molecule has 2 aliphatic rings. The van der Waals surface area contributed by atoms with Crippen molar-refractivity contribution >= 4 is 17.3 Å². The zero-order valence-electron chi connectivity index (χ0n) is 15.3. The van der Waals surface area contributed by atoms with Crippen LogP contribution in [0.3, 0.4) is 0 Å². The predicted octanol–water partition coefficient (Wildman–Crippen LogP) is 3.16. The molecule has 2 fully saturated rings. The van der Waals surface area contributed by atoms with Crippen molar-refractivity contribution in [3.05, 3.63) is 23.8 Å². The molecule has 25 heavy (non-hydrogen) atoms. The van der Waals surface area contributed by atoms with Crippen molar-refractivity contribution in [3.63, 3.8) is 0 Å². The lowest BCUT2D eigenvalue weighted by molar-refractivity contribution is -0.122. The average molecular weight is 340 g/mol. The molecule has 1 heterocycles. The van der Waals surface area contributed by atoms with Crippen LogP contribution in [0.5, 0.6) is 0 Å². The van der Waals surface area contributed by atoms with Crippen LogP contribution >= 0.6 is 0 Å². The maximum Gasteiger partial charge on any atom is 0.244 e. The molecule has 1 aliphatic carbocycles. The second-order valence-electron chi connectivity index (χ2n) is 7.28. The summed E-state index contributed by atoms with van der Waals surface area (Å²) in [5, 5.41) is 12.5. The van der Waals surface area contributed by atoms with Crippen molar-refractivity contribution in [2.24, 2.45) is 5.41 Å². The van der Waals surface area contributed by atoms with Crippen molar-refractivity contribution in [3.8, 4) is 6.07 Å². The number of nitrogens with zero attached hydrogens (tertiary/aromatic N) is 3. The highest BCUT2D eigenvalue weighted by atomic mass is 16.2. The first-order valence-corrected chi connectivity index (χ1v) is 9.38. The Labute approximate surface area is 150 Å². The molecule has 0 radical (unpaired) electrons. The number of aryl methyl sites for hydroxylation is 1. The molecule has 0 spiro atoms. The van der Waals surface area contributed by atoms with E-state index in [9.17, 15) is 10.1 Å². The van der Waals surface area contributed by atoms with Gasteiger partial charge >= 0.3 is 0 Å². The largest absolute Gasteiger partial charge is 0.369 e. The molecule has 5 heteroatoms. The first-order chi connectivity index (χ1) is 12.1. The van der Waals surface area contributed by atoms with E-state index in [4.69, 9.17) is 0 Å². The van der Waals surface area contributed by atoms with Crippen molar-refractivity contribution < 1.29 is 4.79 Å². The minimum absolute atomic E-state index is 0.139. The van der Waals surface area contributed by atoms with E-state index in [0.29, 0.717) is 12.8 Å². The SMILES string of the molecule is CCN1CCN(c2ccc(NC(=O)C3(C#N)CCCC3)c(C)c2)CC1. The number of amides is 1. The van der Waals surface area contributed by atoms with Crippen LogP contribution in [0.4, 0.5) is 11.4 Å². The van der Waals surface area contributed by atoms with Crippen LogP contribution in [0, 0.1) is 23.7 Å². The molecule has 1 aromatic rings. The Morgan fingerprint density at radius 1 is 1.24 bits per heavy atom. The lowest BCUT2D eigenvalue weighted by Gasteiger charge is -2.35. The maximum absolute atomic E-state index is 12.6. The lowest BCUT2D eigenvalue weighted by Crippen LogP contribution is -2.46. The molecule has 1 aromatic carbocycles. The second-order valence-corrected chi connectivity index (χ2v) is 7.28. The fourth-order valence-electron chi connectivity index (χ4n) is 3.92. The lowest BCUT2D eigenvalue weighted by atomic mass is 9.87. The first kappa shape index (κ1) is 17.8. The minimum atomic E-state index is -0.832. The van der Waals surface area contributed by atoms with Gasteiger partial charge in [0.05, 0.1) is 6.07 Å². The number of piperazine rings is 1. The fourth-order valence-corrected chi connectivity index (χ4v) is 3.92. The third kappa shape index (κ3) is 3.64. The van der Waals surface area contributed by atoms with E-state index in [1.807, 2.05) is 13.0 Å². The predicted molar refractivity (Wildman–Crippen MR) is 101 cm³/mol. The quantitative estimate of drug-likeness (QED) is 0.915. The summed E-state index contributed by atoms with van der Waals surface area (Å²) in [6.07, 6.45) is 3.27. The molecule has 1 N–H and O–H groups in total. The maximum atomic E-state index is 12.6. The fraction of sp³-hybridized carbons (Fsp3) is 0.600. The van der Waals surface area contributed by atoms with E-state index in [2.05, 4.69) is 40.2 Å². The van der Waals surface area contributed by atoms with Gasteiger partial charge < -0.3 is 15.1 Å². The molecule has 1 saturated carbocycles. The number of hydrogen-bond donors (Lipinski definition) is 1. The van der Waals surface area contributed by atoms with Gasteiger partial charge in [-0.05, 0) is 50.1 Å². The third-order valence-electron chi connectivity index (χ3n) is 5.75. The number of nitrogens with one attached hydrogen (secondary N) is 1. The number of nitriles is 1. The number of anilines is 2. The Balaban J connectivity index is 1.68. The topological polar surface area (TPSA) is 59.4 Å². The molecular weight excluding hydrogens is 312 g/mol. The summed E-state index contributed by atoms with van der Waals surface area (Å²) in [6.45, 7) is 9.60. The molecule has 5 nitrogen and oxygen atoms in total. The molecule has 1 amide bonds. The standard InChI is InChI=1S/C20H28N4O/c1-3-23-10-12-24(13-11-23)17-6-7-18(16(2)14-17)22-19(25)20(15-21)8-4-5-9-20/h6-7,14H,3-5,8-13H2,1-2H3,(H,22,25). The van der Waals surface area contributed by atoms with Gasteiger partial charge in [-0.2, -0.15) is 5.26 Å². The van der Waals surface area contributed by atoms with E-state index >= 15 is 0 Å². The summed E-state index contributed by atoms with van der Waals surface area (Å²) in [6, 6.07) is 8.47. The molecule has 134 valence electrons. The Bertz CT molecular complexity index is 665. The number of benzene rings is 1. The van der Waals surface area contributed by atoms with Crippen LogP contribution < -0.4 is 10.2 Å². The Hall–Kier alpha value is -2.06. The Morgan fingerprint density at radius 2 is 1.92 bits per heavy atom. The van der Waals surface area contributed by atoms with E-state index < -0.39 is 5.41 Å². The third-order valence-corrected chi connectivity index (χ3v) is 5.75. The van der Waals surface area contributed by atoms with E-state index in [1.54, 1.807) is 0 Å². The van der Waals surface area contributed by atoms with Crippen LogP contribution in [0.2, 0.25) is 0 Å². The van der Waals surface area contributed by atoms with E-state index in [-0.39, 0.29) is 5.91 Å². The van der Waals surface area contributed by atoms with Crippen LogP contribution in [-0.4, -0.2) is 43.5 Å². The normalized spacial score (nSPS) is 20.3. The van der Waals surface area contributed by atoms with Gasteiger partial charge in [0, 0.05) is 37.6 Å². The second kappa shape index (κ2) is 7.45. The van der Waals surface area contributed by atoms with Gasteiger partial charge in [0.1, 0.15) is 5.41 Å². The molecule has 3 rings (SSSR count). The van der Waals surface area contributed by atoms with Crippen molar-refractivity contribution in [2.45, 2.75) is 39.5 Å². The van der Waals surface area contributed by atoms with Crippen molar-refractivity contribution in [1.82, 2.24) is 4.90 Å². The van der Waals surface area contributed by atoms with E-state index in [0.717, 1.165) is 56.8 Å². The smallest absolute Gasteiger partial charge is 0.244 e. The van der Waals surface area contributed by atoms with Crippen LogP contribution in [0.15, 0.2) is 18.2 Å². The molecule has 0 atom stereocenters. The summed E-state index contributed by atoms with van der Waals surface area (Å²) < 4.78 is 0. The van der Waals surface area contributed by atoms with Gasteiger partial charge in [-0.15, -0.1) is 0 Å². The van der Waals surface area contributed by atoms with Gasteiger partial charge in [0.2, 0.25) is 5.91 Å².